The molecule has 35 heavy (non-hydrogen) atoms. The molecule has 0 fully saturated rings. The number of alkyl halides is 9. The van der Waals surface area contributed by atoms with E-state index in [9.17, 15) is 39.5 Å². The molecule has 0 heterocycles. The van der Waals surface area contributed by atoms with Gasteiger partial charge in [0.2, 0.25) is 0 Å². The van der Waals surface area contributed by atoms with Crippen molar-refractivity contribution in [2.24, 2.45) is 0 Å². The van der Waals surface area contributed by atoms with Crippen molar-refractivity contribution in [3.63, 3.8) is 0 Å². The summed E-state index contributed by atoms with van der Waals surface area (Å²) in [6.45, 7) is 0. The summed E-state index contributed by atoms with van der Waals surface area (Å²) < 4.78 is 177. The van der Waals surface area contributed by atoms with Crippen molar-refractivity contribution < 1.29 is 98.2 Å². The zero-order valence-corrected chi connectivity index (χ0v) is 21.8. The third kappa shape index (κ3) is 33.3. The van der Waals surface area contributed by atoms with Crippen LogP contribution >= 0.6 is 0 Å². The van der Waals surface area contributed by atoms with Gasteiger partial charge in [0, 0.05) is 19.8 Å². The molecule has 1 rings (SSSR count). The van der Waals surface area contributed by atoms with Crippen molar-refractivity contribution in [3.05, 3.63) is 18.6 Å². The molecule has 0 amide bonds. The number of rotatable bonds is 0. The monoisotopic (exact) mass is 791 g/mol. The fraction of sp³-hybridized carbons (Fsp3) is 0.625. The Morgan fingerprint density at radius 3 is 0.714 bits per heavy atom. The van der Waals surface area contributed by atoms with Gasteiger partial charge in [-0.2, -0.15) is 39.5 Å². The van der Waals surface area contributed by atoms with Crippen molar-refractivity contribution in [3.8, 4) is 0 Å². The molecule has 0 aromatic carbocycles. The van der Waals surface area contributed by atoms with E-state index in [1.54, 1.807) is 0 Å². The Balaban J connectivity index is -0.0000000351. The number of hydrogen-bond acceptors (Lipinski definition) is 14. The van der Waals surface area contributed by atoms with Gasteiger partial charge in [0.1, 0.15) is 0 Å². The molecule has 0 atom stereocenters. The predicted octanol–water partition coefficient (Wildman–Crippen LogP) is 2.50. The van der Waals surface area contributed by atoms with Crippen LogP contribution < -0.4 is 30.8 Å². The molecule has 0 unspecified atom stereocenters. The Morgan fingerprint density at radius 1 is 0.514 bits per heavy atom. The molecule has 225 valence electrons. The molecule has 0 saturated heterocycles. The third-order valence-corrected chi connectivity index (χ3v) is 3.32. The van der Waals surface area contributed by atoms with E-state index >= 15 is 0 Å². The summed E-state index contributed by atoms with van der Waals surface area (Å²) in [5, 5.41) is 0. The second-order valence-corrected chi connectivity index (χ2v) is 8.05. The molecule has 0 saturated carbocycles. The number of hydrogen-bond donors (Lipinski definition) is 5. The first kappa shape index (κ1) is 59.4. The molecular weight excluding hydrogens is 768 g/mol. The van der Waals surface area contributed by atoms with Crippen molar-refractivity contribution in [2.75, 3.05) is 0 Å². The summed E-state index contributed by atoms with van der Waals surface area (Å²) in [5.74, 6) is 0. The largest absolute Gasteiger partial charge is 0.741 e. The smallest absolute Gasteiger partial charge is 0.485 e. The van der Waals surface area contributed by atoms with Gasteiger partial charge in [-0.1, -0.05) is 12.2 Å². The molecule has 0 aromatic rings. The molecule has 1 aliphatic rings. The zero-order chi connectivity index (χ0) is 24.5. The van der Waals surface area contributed by atoms with Crippen LogP contribution in [0.5, 0.6) is 0 Å². The van der Waals surface area contributed by atoms with E-state index in [0.29, 0.717) is 0 Å². The minimum atomic E-state index is -6.09. The van der Waals surface area contributed by atoms with E-state index in [-0.39, 0.29) is 50.5 Å². The van der Waals surface area contributed by atoms with Gasteiger partial charge in [-0.05, 0) is 19.3 Å². The Morgan fingerprint density at radius 2 is 0.686 bits per heavy atom. The predicted molar refractivity (Wildman–Crippen MR) is 95.0 cm³/mol. The van der Waals surface area contributed by atoms with Gasteiger partial charge in [-0.15, -0.1) is 0 Å². The fourth-order valence-electron chi connectivity index (χ4n) is 0.481. The Kier molecular flexibility index (Phi) is 36.3. The topological polar surface area (TPSA) is 347 Å². The van der Waals surface area contributed by atoms with Gasteiger partial charge < -0.3 is 44.4 Å². The Hall–Kier alpha value is -0.724. The number of allylic oxidation sites excluding steroid dienone is 2. The molecule has 1 radical (unpaired) electrons. The minimum Gasteiger partial charge on any atom is -0.741 e. The van der Waals surface area contributed by atoms with Crippen LogP contribution in [-0.4, -0.2) is 55.4 Å². The van der Waals surface area contributed by atoms with Gasteiger partial charge in [0.15, 0.2) is 30.4 Å². The normalized spacial score (nSPS) is 12.6. The number of halogens is 9. The van der Waals surface area contributed by atoms with E-state index < -0.39 is 46.9 Å². The van der Waals surface area contributed by atoms with Crippen LogP contribution in [0.4, 0.5) is 39.5 Å². The second kappa shape index (κ2) is 21.4. The van der Waals surface area contributed by atoms with Gasteiger partial charge in [0.25, 0.3) is 0 Å². The maximum absolute atomic E-state index is 10.7. The molecule has 0 bridgehead atoms. The van der Waals surface area contributed by atoms with Crippen molar-refractivity contribution >= 4 is 30.4 Å². The molecule has 15 N–H and O–H groups in total. The molecule has 0 spiro atoms. The van der Waals surface area contributed by atoms with Crippen molar-refractivity contribution in [2.45, 2.75) is 29.4 Å². The zero-order valence-electron chi connectivity index (χ0n) is 16.8. The summed E-state index contributed by atoms with van der Waals surface area (Å²) in [6.07, 6.45) is 9.00. The van der Waals surface area contributed by atoms with E-state index in [1.165, 1.54) is 12.8 Å². The maximum atomic E-state index is 10.7. The first-order valence-corrected chi connectivity index (χ1v) is 10.0. The van der Waals surface area contributed by atoms with Crippen LogP contribution in [0.2, 0.25) is 0 Å². The van der Waals surface area contributed by atoms with Gasteiger partial charge in [-0.3, -0.25) is 0 Å². The molecule has 0 aromatic heterocycles. The van der Waals surface area contributed by atoms with Crippen molar-refractivity contribution in [1.82, 2.24) is 30.8 Å². The summed E-state index contributed by atoms with van der Waals surface area (Å²) >= 11 is 0. The van der Waals surface area contributed by atoms with Crippen LogP contribution in [0.25, 0.3) is 0 Å². The fourth-order valence-corrected chi connectivity index (χ4v) is 0.481. The summed E-state index contributed by atoms with van der Waals surface area (Å²) in [4.78, 5) is 0. The minimum absolute atomic E-state index is 0. The standard InChI is InChI=1S/C5H7.3CHF3O3S.5H3N.Os/c1-2-4-5-3-1;3*2-1(3,4)8(5,6)7;;;;;;/h1-3H,4-5H2;3*(H,5,6,7);5*1H3;/p-3. The molecular formula is C8H22F9N5O9OsS3-3. The Labute approximate surface area is 207 Å². The molecule has 1 aliphatic carbocycles. The van der Waals surface area contributed by atoms with E-state index in [0.717, 1.165) is 0 Å². The molecule has 14 nitrogen and oxygen atoms in total. The van der Waals surface area contributed by atoms with Crippen LogP contribution in [0, 0.1) is 6.42 Å². The van der Waals surface area contributed by atoms with Crippen LogP contribution in [0.3, 0.4) is 0 Å². The Bertz CT molecular complexity index is 739. The van der Waals surface area contributed by atoms with E-state index in [1.807, 2.05) is 0 Å². The average Bonchev–Trinajstić information content (AvgIpc) is 2.90. The van der Waals surface area contributed by atoms with Crippen molar-refractivity contribution in [1.29, 1.82) is 0 Å². The second-order valence-electron chi connectivity index (χ2n) is 3.94. The van der Waals surface area contributed by atoms with Gasteiger partial charge in [-0.25, -0.2) is 25.3 Å². The van der Waals surface area contributed by atoms with Crippen LogP contribution in [0.15, 0.2) is 12.2 Å². The van der Waals surface area contributed by atoms with Crippen LogP contribution in [-0.2, 0) is 50.1 Å². The summed E-state index contributed by atoms with van der Waals surface area (Å²) in [5.41, 5.74) is -16.9. The quantitative estimate of drug-likeness (QED) is 0.134. The summed E-state index contributed by atoms with van der Waals surface area (Å²) in [7, 11) is -18.3. The molecule has 27 heteroatoms. The first-order valence-electron chi connectivity index (χ1n) is 5.80. The van der Waals surface area contributed by atoms with Gasteiger partial charge in [0.05, 0.1) is 0 Å². The summed E-state index contributed by atoms with van der Waals surface area (Å²) in [6, 6.07) is 0. The third-order valence-electron chi connectivity index (χ3n) is 1.62. The van der Waals surface area contributed by atoms with E-state index in [2.05, 4.69) is 18.6 Å². The maximum Gasteiger partial charge on any atom is 0.485 e. The van der Waals surface area contributed by atoms with E-state index in [4.69, 9.17) is 38.9 Å². The SMILES string of the molecule is N.N.N.N.N.O=S(=O)([O-])C(F)(F)F.O=S(=O)([O-])C(F)(F)F.O=S(=O)([O-])C(F)(F)F.[CH]1C=CCC1.[Os]. The average molecular weight is 790 g/mol. The van der Waals surface area contributed by atoms with Crippen LogP contribution in [0.1, 0.15) is 12.8 Å². The molecule has 0 aliphatic heterocycles. The van der Waals surface area contributed by atoms with Gasteiger partial charge >= 0.3 is 16.5 Å². The first-order chi connectivity index (χ1) is 12.2.